The highest BCUT2D eigenvalue weighted by molar-refractivity contribution is 9.10. The van der Waals surface area contributed by atoms with Crippen molar-refractivity contribution in [2.24, 2.45) is 0 Å². The minimum atomic E-state index is -0.507. The highest BCUT2D eigenvalue weighted by Crippen LogP contribution is 2.28. The molecule has 0 saturated heterocycles. The predicted molar refractivity (Wildman–Crippen MR) is 77.8 cm³/mol. The van der Waals surface area contributed by atoms with Crippen LogP contribution in [0.5, 0.6) is 0 Å². The second kappa shape index (κ2) is 5.83. The molecule has 0 fully saturated rings. The van der Waals surface area contributed by atoms with E-state index in [-0.39, 0.29) is 17.3 Å². The smallest absolute Gasteiger partial charge is 0.276 e. The number of nitro groups is 1. The van der Waals surface area contributed by atoms with Crippen LogP contribution in [0.2, 0.25) is 0 Å². The second-order valence-corrected chi connectivity index (χ2v) is 4.71. The number of hydrogen-bond acceptors (Lipinski definition) is 5. The molecule has 2 aromatic rings. The molecule has 1 aromatic heterocycles. The molecule has 104 valence electrons. The lowest BCUT2D eigenvalue weighted by Crippen LogP contribution is -2.01. The summed E-state index contributed by atoms with van der Waals surface area (Å²) < 4.78 is 13.5. The Kier molecular flexibility index (Phi) is 4.14. The highest BCUT2D eigenvalue weighted by Gasteiger charge is 2.11. The Morgan fingerprint density at radius 1 is 1.30 bits per heavy atom. The third-order valence-corrected chi connectivity index (χ3v) is 3.13. The zero-order valence-corrected chi connectivity index (χ0v) is 11.9. The summed E-state index contributed by atoms with van der Waals surface area (Å²) in [5, 5.41) is 16.5. The normalized spacial score (nSPS) is 10.2. The van der Waals surface area contributed by atoms with Crippen molar-refractivity contribution < 1.29 is 9.31 Å². The van der Waals surface area contributed by atoms with Gasteiger partial charge in [-0.1, -0.05) is 0 Å². The van der Waals surface area contributed by atoms with Crippen molar-refractivity contribution in [3.8, 4) is 0 Å². The van der Waals surface area contributed by atoms with Crippen LogP contribution in [-0.2, 0) is 0 Å². The summed E-state index contributed by atoms with van der Waals surface area (Å²) in [7, 11) is 1.61. The molecule has 0 aliphatic carbocycles. The van der Waals surface area contributed by atoms with Crippen molar-refractivity contribution in [2.75, 3.05) is 17.7 Å². The maximum absolute atomic E-state index is 13.0. The first kappa shape index (κ1) is 14.2. The molecule has 0 saturated carbocycles. The largest absolute Gasteiger partial charge is 0.373 e. The van der Waals surface area contributed by atoms with Gasteiger partial charge >= 0.3 is 0 Å². The van der Waals surface area contributed by atoms with Crippen LogP contribution >= 0.6 is 15.9 Å². The monoisotopic (exact) mass is 340 g/mol. The molecule has 1 heterocycles. The van der Waals surface area contributed by atoms with Gasteiger partial charge in [0.2, 0.25) is 0 Å². The van der Waals surface area contributed by atoms with E-state index in [1.54, 1.807) is 7.05 Å². The lowest BCUT2D eigenvalue weighted by atomic mass is 10.3. The van der Waals surface area contributed by atoms with Crippen molar-refractivity contribution in [3.63, 3.8) is 0 Å². The van der Waals surface area contributed by atoms with E-state index in [1.165, 1.54) is 30.3 Å². The summed E-state index contributed by atoms with van der Waals surface area (Å²) in [5.41, 5.74) is 0.464. The number of nitrogens with zero attached hydrogens (tertiary/aromatic N) is 2. The summed E-state index contributed by atoms with van der Waals surface area (Å²) in [6, 6.07) is 6.71. The third kappa shape index (κ3) is 3.21. The van der Waals surface area contributed by atoms with Crippen LogP contribution < -0.4 is 10.6 Å². The van der Waals surface area contributed by atoms with E-state index in [9.17, 15) is 14.5 Å². The standard InChI is InChI=1S/C12H10BrFN4O2/c1-15-11-5-8(18(19)20)6-12(17-11)16-10-3-2-7(14)4-9(10)13/h2-6H,1H3,(H2,15,16,17). The van der Waals surface area contributed by atoms with Crippen LogP contribution in [-0.4, -0.2) is 17.0 Å². The molecule has 0 bridgehead atoms. The summed E-state index contributed by atoms with van der Waals surface area (Å²) in [4.78, 5) is 14.5. The van der Waals surface area contributed by atoms with Crippen LogP contribution in [0.3, 0.4) is 0 Å². The van der Waals surface area contributed by atoms with Gasteiger partial charge in [-0.05, 0) is 34.1 Å². The maximum atomic E-state index is 13.0. The Morgan fingerprint density at radius 2 is 2.00 bits per heavy atom. The molecule has 0 radical (unpaired) electrons. The number of pyridine rings is 1. The number of halogens is 2. The first-order chi connectivity index (χ1) is 9.49. The zero-order chi connectivity index (χ0) is 14.7. The molecule has 0 aliphatic rings. The molecule has 20 heavy (non-hydrogen) atoms. The first-order valence-electron chi connectivity index (χ1n) is 5.56. The average molecular weight is 341 g/mol. The number of benzene rings is 1. The maximum Gasteiger partial charge on any atom is 0.276 e. The van der Waals surface area contributed by atoms with Gasteiger partial charge < -0.3 is 10.6 Å². The molecule has 0 unspecified atom stereocenters. The molecule has 0 aliphatic heterocycles. The fourth-order valence-corrected chi connectivity index (χ4v) is 1.99. The summed E-state index contributed by atoms with van der Waals surface area (Å²) in [5.74, 6) is 0.265. The minimum Gasteiger partial charge on any atom is -0.373 e. The molecule has 6 nitrogen and oxygen atoms in total. The first-order valence-corrected chi connectivity index (χ1v) is 6.35. The molecule has 0 atom stereocenters. The fourth-order valence-electron chi connectivity index (χ4n) is 1.54. The summed E-state index contributed by atoms with van der Waals surface area (Å²) in [6.45, 7) is 0. The minimum absolute atomic E-state index is 0.0925. The summed E-state index contributed by atoms with van der Waals surface area (Å²) >= 11 is 3.21. The second-order valence-electron chi connectivity index (χ2n) is 3.85. The molecule has 0 amide bonds. The van der Waals surface area contributed by atoms with Gasteiger partial charge in [-0.2, -0.15) is 0 Å². The number of rotatable bonds is 4. The van der Waals surface area contributed by atoms with E-state index in [0.717, 1.165) is 0 Å². The van der Waals surface area contributed by atoms with Gasteiger partial charge in [-0.3, -0.25) is 10.1 Å². The predicted octanol–water partition coefficient (Wildman–Crippen LogP) is 3.68. The van der Waals surface area contributed by atoms with Gasteiger partial charge in [-0.15, -0.1) is 0 Å². The Bertz CT molecular complexity index is 666. The summed E-state index contributed by atoms with van der Waals surface area (Å²) in [6.07, 6.45) is 0. The van der Waals surface area contributed by atoms with E-state index >= 15 is 0 Å². The lowest BCUT2D eigenvalue weighted by Gasteiger charge is -2.09. The van der Waals surface area contributed by atoms with E-state index in [2.05, 4.69) is 31.5 Å². The quantitative estimate of drug-likeness (QED) is 0.655. The van der Waals surface area contributed by atoms with Crippen molar-refractivity contribution in [2.45, 2.75) is 0 Å². The van der Waals surface area contributed by atoms with Crippen LogP contribution in [0.25, 0.3) is 0 Å². The number of hydrogen-bond donors (Lipinski definition) is 2. The van der Waals surface area contributed by atoms with Gasteiger partial charge in [0, 0.05) is 11.5 Å². The molecule has 1 aromatic carbocycles. The van der Waals surface area contributed by atoms with Gasteiger partial charge in [0.1, 0.15) is 17.5 Å². The topological polar surface area (TPSA) is 80.1 Å². The SMILES string of the molecule is CNc1cc([N+](=O)[O-])cc(Nc2ccc(F)cc2Br)n1. The van der Waals surface area contributed by atoms with Crippen molar-refractivity contribution in [1.82, 2.24) is 4.98 Å². The average Bonchev–Trinajstić information content (AvgIpc) is 2.41. The van der Waals surface area contributed by atoms with Crippen LogP contribution in [0.1, 0.15) is 0 Å². The van der Waals surface area contributed by atoms with E-state index in [1.807, 2.05) is 0 Å². The Morgan fingerprint density at radius 3 is 2.60 bits per heavy atom. The van der Waals surface area contributed by atoms with E-state index in [4.69, 9.17) is 0 Å². The molecule has 2 N–H and O–H groups in total. The molecule has 0 spiro atoms. The zero-order valence-electron chi connectivity index (χ0n) is 10.4. The van der Waals surface area contributed by atoms with Crippen molar-refractivity contribution >= 4 is 38.9 Å². The van der Waals surface area contributed by atoms with Crippen LogP contribution in [0.4, 0.5) is 27.4 Å². The van der Waals surface area contributed by atoms with Gasteiger partial charge in [0.25, 0.3) is 5.69 Å². The van der Waals surface area contributed by atoms with Crippen LogP contribution in [0.15, 0.2) is 34.8 Å². The molecule has 8 heteroatoms. The fraction of sp³-hybridized carbons (Fsp3) is 0.0833. The molecular weight excluding hydrogens is 331 g/mol. The lowest BCUT2D eigenvalue weighted by molar-refractivity contribution is -0.384. The molecular formula is C12H10BrFN4O2. The number of anilines is 3. The van der Waals surface area contributed by atoms with Crippen LogP contribution in [0, 0.1) is 15.9 Å². The van der Waals surface area contributed by atoms with E-state index in [0.29, 0.717) is 16.0 Å². The number of nitrogens with one attached hydrogen (secondary N) is 2. The van der Waals surface area contributed by atoms with Gasteiger partial charge in [-0.25, -0.2) is 9.37 Å². The van der Waals surface area contributed by atoms with Crippen molar-refractivity contribution in [3.05, 3.63) is 50.7 Å². The number of aromatic nitrogens is 1. The van der Waals surface area contributed by atoms with Gasteiger partial charge in [0.05, 0.1) is 22.7 Å². The third-order valence-electron chi connectivity index (χ3n) is 2.47. The molecule has 2 rings (SSSR count). The Labute approximate surface area is 122 Å². The van der Waals surface area contributed by atoms with E-state index < -0.39 is 4.92 Å². The van der Waals surface area contributed by atoms with Crippen molar-refractivity contribution in [1.29, 1.82) is 0 Å². The Balaban J connectivity index is 2.37. The highest BCUT2D eigenvalue weighted by atomic mass is 79.9. The van der Waals surface area contributed by atoms with Gasteiger partial charge in [0.15, 0.2) is 0 Å². The Hall–Kier alpha value is -2.22.